The van der Waals surface area contributed by atoms with Gasteiger partial charge in [0, 0.05) is 38.2 Å². The summed E-state index contributed by atoms with van der Waals surface area (Å²) in [5.74, 6) is -2.09. The molecule has 0 aliphatic heterocycles. The molecular weight excluding hydrogens is 382 g/mol. The zero-order valence-electron chi connectivity index (χ0n) is 16.2. The van der Waals surface area contributed by atoms with Crippen molar-refractivity contribution < 1.29 is 18.3 Å². The lowest BCUT2D eigenvalue weighted by Crippen LogP contribution is -2.32. The van der Waals surface area contributed by atoms with E-state index < -0.39 is 11.9 Å². The van der Waals surface area contributed by atoms with E-state index in [0.717, 1.165) is 5.52 Å². The van der Waals surface area contributed by atoms with Crippen LogP contribution in [0, 0.1) is 0 Å². The minimum atomic E-state index is -2.59. The van der Waals surface area contributed by atoms with Crippen LogP contribution in [0.25, 0.3) is 16.9 Å². The van der Waals surface area contributed by atoms with E-state index in [1.54, 1.807) is 25.5 Å². The molecule has 3 aromatic rings. The van der Waals surface area contributed by atoms with Gasteiger partial charge in [-0.15, -0.1) is 0 Å². The van der Waals surface area contributed by atoms with E-state index in [1.165, 1.54) is 4.68 Å². The second-order valence-corrected chi connectivity index (χ2v) is 7.19. The number of anilines is 1. The number of hydrogen-bond acceptors (Lipinski definition) is 6. The molecular formula is C19H22F2N6O2. The lowest BCUT2D eigenvalue weighted by atomic mass is 9.92. The molecule has 0 saturated heterocycles. The van der Waals surface area contributed by atoms with Crippen molar-refractivity contribution in [3.05, 3.63) is 30.4 Å². The third-order valence-electron chi connectivity index (χ3n) is 5.07. The highest BCUT2D eigenvalue weighted by Crippen LogP contribution is 2.35. The van der Waals surface area contributed by atoms with Crippen LogP contribution in [0.15, 0.2) is 24.7 Å². The maximum Gasteiger partial charge on any atom is 0.358 e. The molecule has 0 aromatic carbocycles. The Hall–Kier alpha value is -3.04. The minimum absolute atomic E-state index is 0.102. The number of aromatic nitrogens is 5. The summed E-state index contributed by atoms with van der Waals surface area (Å²) >= 11 is 0. The molecule has 3 heterocycles. The fourth-order valence-corrected chi connectivity index (χ4v) is 3.48. The molecule has 4 rings (SSSR count). The molecule has 0 spiro atoms. The number of ether oxygens (including phenoxy) is 1. The highest BCUT2D eigenvalue weighted by Gasteiger charge is 2.35. The van der Waals surface area contributed by atoms with Crippen LogP contribution in [0.5, 0.6) is 0 Å². The quantitative estimate of drug-likeness (QED) is 0.657. The van der Waals surface area contributed by atoms with Crippen molar-refractivity contribution in [2.24, 2.45) is 7.05 Å². The largest absolute Gasteiger partial charge is 0.461 e. The van der Waals surface area contributed by atoms with Gasteiger partial charge in [0.15, 0.2) is 17.3 Å². The van der Waals surface area contributed by atoms with Gasteiger partial charge in [-0.3, -0.25) is 0 Å². The number of hydrogen-bond donors (Lipinski definition) is 1. The summed E-state index contributed by atoms with van der Waals surface area (Å²) in [4.78, 5) is 20.9. The Bertz CT molecular complexity index is 1030. The van der Waals surface area contributed by atoms with Crippen LogP contribution in [-0.2, 0) is 11.8 Å². The first-order valence-corrected chi connectivity index (χ1v) is 9.56. The number of fused-ring (bicyclic) bond motifs is 1. The van der Waals surface area contributed by atoms with Gasteiger partial charge >= 0.3 is 5.97 Å². The van der Waals surface area contributed by atoms with Crippen molar-refractivity contribution >= 4 is 22.8 Å². The smallest absolute Gasteiger partial charge is 0.358 e. The molecule has 1 aliphatic rings. The van der Waals surface area contributed by atoms with Gasteiger partial charge in [0.2, 0.25) is 5.92 Å². The summed E-state index contributed by atoms with van der Waals surface area (Å²) in [7, 11) is 1.86. The molecule has 0 amide bonds. The van der Waals surface area contributed by atoms with E-state index in [1.807, 2.05) is 17.7 Å². The SMILES string of the molecule is CCOC(=O)c1ccn(-c2cc3c(ncn3C)c(NC3CCC(F)(F)CC3)n2)n1. The van der Waals surface area contributed by atoms with E-state index in [-0.39, 0.29) is 31.2 Å². The number of halogens is 2. The molecule has 10 heteroatoms. The standard InChI is InChI=1S/C19H22F2N6O2/c1-3-29-18(28)13-6-9-27(25-13)15-10-14-16(22-11-26(14)2)17(24-15)23-12-4-7-19(20,21)8-5-12/h6,9-12H,3-5,7-8H2,1-2H3,(H,23,24). The molecule has 1 saturated carbocycles. The Labute approximate surface area is 165 Å². The zero-order valence-corrected chi connectivity index (χ0v) is 16.2. The minimum Gasteiger partial charge on any atom is -0.461 e. The summed E-state index contributed by atoms with van der Waals surface area (Å²) in [6.45, 7) is 1.99. The average Bonchev–Trinajstić information content (AvgIpc) is 3.31. The van der Waals surface area contributed by atoms with E-state index in [9.17, 15) is 13.6 Å². The maximum atomic E-state index is 13.5. The number of rotatable bonds is 5. The van der Waals surface area contributed by atoms with Gasteiger partial charge in [-0.05, 0) is 25.8 Å². The Morgan fingerprint density at radius 1 is 1.38 bits per heavy atom. The Balaban J connectivity index is 1.66. The lowest BCUT2D eigenvalue weighted by molar-refractivity contribution is -0.0361. The molecule has 3 aromatic heterocycles. The fourth-order valence-electron chi connectivity index (χ4n) is 3.48. The summed E-state index contributed by atoms with van der Waals surface area (Å²) < 4.78 is 35.2. The summed E-state index contributed by atoms with van der Waals surface area (Å²) in [6, 6.07) is 3.27. The van der Waals surface area contributed by atoms with Gasteiger partial charge in [-0.1, -0.05) is 0 Å². The third-order valence-corrected chi connectivity index (χ3v) is 5.07. The van der Waals surface area contributed by atoms with Crippen molar-refractivity contribution in [1.29, 1.82) is 0 Å². The van der Waals surface area contributed by atoms with E-state index in [4.69, 9.17) is 4.74 Å². The van der Waals surface area contributed by atoms with Gasteiger partial charge < -0.3 is 14.6 Å². The molecule has 29 heavy (non-hydrogen) atoms. The lowest BCUT2D eigenvalue weighted by Gasteiger charge is -2.29. The summed E-state index contributed by atoms with van der Waals surface area (Å²) in [5.41, 5.74) is 1.65. The number of aryl methyl sites for hydroxylation is 1. The number of esters is 1. The Morgan fingerprint density at radius 2 is 2.14 bits per heavy atom. The first-order valence-electron chi connectivity index (χ1n) is 9.56. The van der Waals surface area contributed by atoms with Gasteiger partial charge in [0.25, 0.3) is 0 Å². The van der Waals surface area contributed by atoms with Crippen molar-refractivity contribution in [3.8, 4) is 5.82 Å². The van der Waals surface area contributed by atoms with Crippen molar-refractivity contribution in [2.45, 2.75) is 44.6 Å². The summed E-state index contributed by atoms with van der Waals surface area (Å²) in [5, 5.41) is 7.53. The Morgan fingerprint density at radius 3 is 2.86 bits per heavy atom. The molecule has 0 radical (unpaired) electrons. The summed E-state index contributed by atoms with van der Waals surface area (Å²) in [6.07, 6.45) is 3.74. The van der Waals surface area contributed by atoms with Crippen LogP contribution in [0.3, 0.4) is 0 Å². The molecule has 8 nitrogen and oxygen atoms in total. The van der Waals surface area contributed by atoms with Gasteiger partial charge in [-0.25, -0.2) is 28.2 Å². The first kappa shape index (κ1) is 19.3. The number of alkyl halides is 2. The van der Waals surface area contributed by atoms with Crippen LogP contribution in [0.1, 0.15) is 43.1 Å². The van der Waals surface area contributed by atoms with E-state index in [0.29, 0.717) is 30.0 Å². The monoisotopic (exact) mass is 404 g/mol. The van der Waals surface area contributed by atoms with Gasteiger partial charge in [0.1, 0.15) is 5.52 Å². The van der Waals surface area contributed by atoms with Crippen molar-refractivity contribution in [3.63, 3.8) is 0 Å². The highest BCUT2D eigenvalue weighted by atomic mass is 19.3. The van der Waals surface area contributed by atoms with Crippen LogP contribution in [0.2, 0.25) is 0 Å². The number of pyridine rings is 1. The second kappa shape index (κ2) is 7.41. The average molecular weight is 404 g/mol. The number of imidazole rings is 1. The number of carbonyl (C=O) groups excluding carboxylic acids is 1. The number of nitrogens with zero attached hydrogens (tertiary/aromatic N) is 5. The molecule has 1 N–H and O–H groups in total. The molecule has 0 atom stereocenters. The van der Waals surface area contributed by atoms with E-state index in [2.05, 4.69) is 20.4 Å². The van der Waals surface area contributed by atoms with Gasteiger partial charge in [-0.2, -0.15) is 5.10 Å². The zero-order chi connectivity index (χ0) is 20.6. The first-order chi connectivity index (χ1) is 13.9. The maximum absolute atomic E-state index is 13.5. The molecule has 0 unspecified atom stereocenters. The Kier molecular flexibility index (Phi) is 4.93. The highest BCUT2D eigenvalue weighted by molar-refractivity contribution is 5.88. The van der Waals surface area contributed by atoms with Crippen molar-refractivity contribution in [1.82, 2.24) is 24.3 Å². The number of nitrogens with one attached hydrogen (secondary N) is 1. The predicted molar refractivity (Wildman–Crippen MR) is 102 cm³/mol. The topological polar surface area (TPSA) is 86.9 Å². The van der Waals surface area contributed by atoms with Crippen LogP contribution in [0.4, 0.5) is 14.6 Å². The third kappa shape index (κ3) is 3.92. The molecule has 154 valence electrons. The van der Waals surface area contributed by atoms with Crippen molar-refractivity contribution in [2.75, 3.05) is 11.9 Å². The van der Waals surface area contributed by atoms with Gasteiger partial charge in [0.05, 0.1) is 18.5 Å². The number of carbonyl (C=O) groups is 1. The van der Waals surface area contributed by atoms with E-state index >= 15 is 0 Å². The molecule has 0 bridgehead atoms. The molecule has 1 aliphatic carbocycles. The molecule has 1 fully saturated rings. The normalized spacial score (nSPS) is 16.8. The van der Waals surface area contributed by atoms with Crippen LogP contribution in [-0.4, -0.2) is 48.9 Å². The van der Waals surface area contributed by atoms with Crippen LogP contribution < -0.4 is 5.32 Å². The fraction of sp³-hybridized carbons (Fsp3) is 0.474. The predicted octanol–water partition coefficient (Wildman–Crippen LogP) is 3.32. The van der Waals surface area contributed by atoms with Crippen LogP contribution >= 0.6 is 0 Å². The second-order valence-electron chi connectivity index (χ2n) is 7.19.